The molecule has 1 aliphatic heterocycles. The van der Waals surface area contributed by atoms with E-state index in [-0.39, 0.29) is 5.78 Å². The molecule has 0 aliphatic carbocycles. The lowest BCUT2D eigenvalue weighted by molar-refractivity contribution is -0.112. The van der Waals surface area contributed by atoms with Crippen LogP contribution in [0.3, 0.4) is 0 Å². The van der Waals surface area contributed by atoms with E-state index in [4.69, 9.17) is 10.5 Å². The van der Waals surface area contributed by atoms with Crippen molar-refractivity contribution in [1.29, 1.82) is 0 Å². The number of carbonyl (C=O) groups excluding carboxylic acids is 2. The van der Waals surface area contributed by atoms with Crippen molar-refractivity contribution in [3.8, 4) is 5.75 Å². The van der Waals surface area contributed by atoms with E-state index in [1.54, 1.807) is 12.1 Å². The van der Waals surface area contributed by atoms with Gasteiger partial charge in [0.15, 0.2) is 12.0 Å². The van der Waals surface area contributed by atoms with E-state index in [9.17, 15) is 9.59 Å². The SMILES string of the molecule is CCc1ccc2c(c1)C(=O)C(C=O)C(N)O2. The van der Waals surface area contributed by atoms with Crippen molar-refractivity contribution >= 4 is 12.1 Å². The molecule has 0 spiro atoms. The van der Waals surface area contributed by atoms with Crippen molar-refractivity contribution in [3.63, 3.8) is 0 Å². The van der Waals surface area contributed by atoms with Gasteiger partial charge in [-0.05, 0) is 24.1 Å². The summed E-state index contributed by atoms with van der Waals surface area (Å²) in [6.45, 7) is 2.00. The molecule has 0 saturated heterocycles. The van der Waals surface area contributed by atoms with Gasteiger partial charge in [-0.1, -0.05) is 13.0 Å². The zero-order valence-corrected chi connectivity index (χ0v) is 8.97. The van der Waals surface area contributed by atoms with Gasteiger partial charge in [0.1, 0.15) is 18.0 Å². The summed E-state index contributed by atoms with van der Waals surface area (Å²) in [5.74, 6) is -0.675. The van der Waals surface area contributed by atoms with Gasteiger partial charge in [-0.3, -0.25) is 10.5 Å². The number of ketones is 1. The monoisotopic (exact) mass is 219 g/mol. The molecule has 4 nitrogen and oxygen atoms in total. The molecule has 16 heavy (non-hydrogen) atoms. The van der Waals surface area contributed by atoms with Gasteiger partial charge in [-0.15, -0.1) is 0 Å². The Hall–Kier alpha value is -1.68. The summed E-state index contributed by atoms with van der Waals surface area (Å²) in [6, 6.07) is 5.38. The number of benzene rings is 1. The van der Waals surface area contributed by atoms with E-state index in [0.29, 0.717) is 17.6 Å². The van der Waals surface area contributed by atoms with Crippen LogP contribution in [0.4, 0.5) is 0 Å². The highest BCUT2D eigenvalue weighted by Crippen LogP contribution is 2.29. The van der Waals surface area contributed by atoms with Crippen LogP contribution in [0.15, 0.2) is 18.2 Å². The molecule has 1 heterocycles. The van der Waals surface area contributed by atoms with Crippen LogP contribution in [0, 0.1) is 5.92 Å². The van der Waals surface area contributed by atoms with E-state index in [1.807, 2.05) is 13.0 Å². The summed E-state index contributed by atoms with van der Waals surface area (Å²) in [4.78, 5) is 22.7. The van der Waals surface area contributed by atoms with Crippen LogP contribution >= 0.6 is 0 Å². The molecule has 4 heteroatoms. The molecule has 0 fully saturated rings. The Labute approximate surface area is 93.4 Å². The first-order valence-corrected chi connectivity index (χ1v) is 5.22. The first-order valence-electron chi connectivity index (χ1n) is 5.22. The number of ether oxygens (including phenoxy) is 1. The van der Waals surface area contributed by atoms with Crippen LogP contribution in [-0.4, -0.2) is 18.3 Å². The first kappa shape index (κ1) is 10.8. The molecule has 1 aromatic carbocycles. The summed E-state index contributed by atoms with van der Waals surface area (Å²) in [6.07, 6.45) is 0.511. The third kappa shape index (κ3) is 1.61. The highest BCUT2D eigenvalue weighted by Gasteiger charge is 2.34. The second-order valence-electron chi connectivity index (χ2n) is 3.79. The Morgan fingerprint density at radius 2 is 2.25 bits per heavy atom. The average molecular weight is 219 g/mol. The second-order valence-corrected chi connectivity index (χ2v) is 3.79. The molecule has 0 amide bonds. The van der Waals surface area contributed by atoms with Crippen LogP contribution in [0.2, 0.25) is 0 Å². The Morgan fingerprint density at radius 1 is 1.50 bits per heavy atom. The van der Waals surface area contributed by atoms with Crippen LogP contribution in [-0.2, 0) is 11.2 Å². The maximum absolute atomic E-state index is 11.9. The van der Waals surface area contributed by atoms with Gasteiger partial charge < -0.3 is 9.53 Å². The lowest BCUT2D eigenvalue weighted by Gasteiger charge is -2.26. The zero-order chi connectivity index (χ0) is 11.7. The van der Waals surface area contributed by atoms with Crippen molar-refractivity contribution in [3.05, 3.63) is 29.3 Å². The second kappa shape index (κ2) is 4.06. The van der Waals surface area contributed by atoms with Crippen molar-refractivity contribution in [1.82, 2.24) is 0 Å². The summed E-state index contributed by atoms with van der Waals surface area (Å²) in [7, 11) is 0. The van der Waals surface area contributed by atoms with Gasteiger partial charge in [0, 0.05) is 0 Å². The van der Waals surface area contributed by atoms with Crippen LogP contribution < -0.4 is 10.5 Å². The molecule has 2 unspecified atom stereocenters. The van der Waals surface area contributed by atoms with E-state index >= 15 is 0 Å². The van der Waals surface area contributed by atoms with E-state index in [2.05, 4.69) is 0 Å². The summed E-state index contributed by atoms with van der Waals surface area (Å²) >= 11 is 0. The van der Waals surface area contributed by atoms with E-state index in [0.717, 1.165) is 12.0 Å². The van der Waals surface area contributed by atoms with Crippen LogP contribution in [0.1, 0.15) is 22.8 Å². The predicted octanol–water partition coefficient (Wildman–Crippen LogP) is 0.924. The molecule has 0 bridgehead atoms. The fourth-order valence-electron chi connectivity index (χ4n) is 1.78. The maximum atomic E-state index is 11.9. The zero-order valence-electron chi connectivity index (χ0n) is 8.97. The van der Waals surface area contributed by atoms with E-state index < -0.39 is 12.1 Å². The number of hydrogen-bond donors (Lipinski definition) is 1. The third-order valence-electron chi connectivity index (χ3n) is 2.78. The van der Waals surface area contributed by atoms with Gasteiger partial charge in [-0.25, -0.2) is 0 Å². The smallest absolute Gasteiger partial charge is 0.181 e. The fourth-order valence-corrected chi connectivity index (χ4v) is 1.78. The van der Waals surface area contributed by atoms with Gasteiger partial charge in [0.05, 0.1) is 5.56 Å². The number of aryl methyl sites for hydroxylation is 1. The molecule has 2 N–H and O–H groups in total. The Bertz CT molecular complexity index is 442. The standard InChI is InChI=1S/C12H13NO3/c1-2-7-3-4-10-8(5-7)11(15)9(6-14)12(13)16-10/h3-6,9,12H,2,13H2,1H3. The van der Waals surface area contributed by atoms with Crippen LogP contribution in [0.25, 0.3) is 0 Å². The van der Waals surface area contributed by atoms with Gasteiger partial charge >= 0.3 is 0 Å². The summed E-state index contributed by atoms with van der Waals surface area (Å²) < 4.78 is 5.33. The quantitative estimate of drug-likeness (QED) is 0.593. The summed E-state index contributed by atoms with van der Waals surface area (Å²) in [5.41, 5.74) is 7.09. The van der Waals surface area contributed by atoms with Gasteiger partial charge in [0.2, 0.25) is 0 Å². The molecule has 2 rings (SSSR count). The highest BCUT2D eigenvalue weighted by molar-refractivity contribution is 6.08. The van der Waals surface area contributed by atoms with Crippen molar-refractivity contribution < 1.29 is 14.3 Å². The average Bonchev–Trinajstić information content (AvgIpc) is 2.29. The molecule has 0 aromatic heterocycles. The topological polar surface area (TPSA) is 69.4 Å². The molecular weight excluding hydrogens is 206 g/mol. The third-order valence-corrected chi connectivity index (χ3v) is 2.78. The Kier molecular flexibility index (Phi) is 2.75. The van der Waals surface area contributed by atoms with Crippen molar-refractivity contribution in [2.75, 3.05) is 0 Å². The lowest BCUT2D eigenvalue weighted by atomic mass is 9.92. The molecule has 2 atom stereocenters. The number of fused-ring (bicyclic) bond motifs is 1. The number of aldehydes is 1. The van der Waals surface area contributed by atoms with Crippen LogP contribution in [0.5, 0.6) is 5.75 Å². The van der Waals surface area contributed by atoms with Crippen molar-refractivity contribution in [2.24, 2.45) is 11.7 Å². The van der Waals surface area contributed by atoms with E-state index in [1.165, 1.54) is 0 Å². The molecule has 1 aromatic rings. The maximum Gasteiger partial charge on any atom is 0.181 e. The minimum absolute atomic E-state index is 0.251. The highest BCUT2D eigenvalue weighted by atomic mass is 16.5. The number of carbonyl (C=O) groups is 2. The first-order chi connectivity index (χ1) is 7.67. The lowest BCUT2D eigenvalue weighted by Crippen LogP contribution is -2.44. The minimum Gasteiger partial charge on any atom is -0.474 e. The number of hydrogen-bond acceptors (Lipinski definition) is 4. The number of Topliss-reactive ketones (excluding diaryl/α,β-unsaturated/α-hetero) is 1. The molecule has 1 aliphatic rings. The summed E-state index contributed by atoms with van der Waals surface area (Å²) in [5, 5.41) is 0. The molecule has 0 saturated carbocycles. The normalized spacial score (nSPS) is 23.5. The molecule has 0 radical (unpaired) electrons. The Morgan fingerprint density at radius 3 is 2.88 bits per heavy atom. The van der Waals surface area contributed by atoms with Crippen molar-refractivity contribution in [2.45, 2.75) is 19.6 Å². The van der Waals surface area contributed by atoms with Gasteiger partial charge in [-0.2, -0.15) is 0 Å². The Balaban J connectivity index is 2.47. The molecular formula is C12H13NO3. The predicted molar refractivity (Wildman–Crippen MR) is 58.3 cm³/mol. The van der Waals surface area contributed by atoms with Gasteiger partial charge in [0.25, 0.3) is 0 Å². The fraction of sp³-hybridized carbons (Fsp3) is 0.333. The minimum atomic E-state index is -0.889. The molecule has 84 valence electrons. The number of rotatable bonds is 2. The number of nitrogens with two attached hydrogens (primary N) is 1. The largest absolute Gasteiger partial charge is 0.474 e.